The molecule has 0 unspecified atom stereocenters. The Kier molecular flexibility index (Phi) is 8.19. The molecule has 0 radical (unpaired) electrons. The molecular formula is C58H37F2NO2. The molecule has 12 aromatic rings. The number of halogens is 2. The number of aromatic nitrogens is 1. The molecule has 0 aliphatic heterocycles. The SMILES string of the molecule is C=C(/C(=C(\C(C)=C(/C)c1cc2ccccc2c2ccc3oc4ccccc4c3c12)c1ccc(F)cc1)n1c2ccccc2c2ccc3oc4ccccc4c3c21)c1ccc(F)cc1. The minimum absolute atomic E-state index is 0.339. The van der Waals surface area contributed by atoms with Gasteiger partial charge >= 0.3 is 0 Å². The highest BCUT2D eigenvalue weighted by molar-refractivity contribution is 6.30. The zero-order chi connectivity index (χ0) is 42.5. The van der Waals surface area contributed by atoms with Gasteiger partial charge in [0.25, 0.3) is 0 Å². The average molecular weight is 818 g/mol. The first-order valence-electron chi connectivity index (χ1n) is 21.1. The van der Waals surface area contributed by atoms with Crippen molar-refractivity contribution in [3.05, 3.63) is 216 Å². The van der Waals surface area contributed by atoms with Crippen LogP contribution >= 0.6 is 0 Å². The number of para-hydroxylation sites is 3. The highest BCUT2D eigenvalue weighted by Crippen LogP contribution is 2.48. The van der Waals surface area contributed by atoms with Crippen LogP contribution in [0, 0.1) is 11.6 Å². The molecule has 3 aromatic heterocycles. The van der Waals surface area contributed by atoms with Gasteiger partial charge in [0.05, 0.1) is 22.1 Å². The lowest BCUT2D eigenvalue weighted by Gasteiger charge is -2.24. The molecule has 0 aliphatic rings. The molecule has 63 heavy (non-hydrogen) atoms. The van der Waals surface area contributed by atoms with Gasteiger partial charge in [-0.05, 0) is 136 Å². The van der Waals surface area contributed by atoms with Gasteiger partial charge in [-0.15, -0.1) is 0 Å². The molecule has 3 nitrogen and oxygen atoms in total. The predicted octanol–water partition coefficient (Wildman–Crippen LogP) is 16.8. The summed E-state index contributed by atoms with van der Waals surface area (Å²) in [5, 5.41) is 10.6. The Bertz CT molecular complexity index is 3950. The van der Waals surface area contributed by atoms with Crippen molar-refractivity contribution in [3.8, 4) is 0 Å². The Labute approximate surface area is 360 Å². The molecule has 0 saturated heterocycles. The van der Waals surface area contributed by atoms with Gasteiger partial charge in [-0.2, -0.15) is 0 Å². The number of rotatable bonds is 6. The van der Waals surface area contributed by atoms with Gasteiger partial charge in [-0.3, -0.25) is 0 Å². The van der Waals surface area contributed by atoms with Crippen LogP contribution in [-0.4, -0.2) is 4.57 Å². The highest BCUT2D eigenvalue weighted by atomic mass is 19.1. The molecule has 0 N–H and O–H groups in total. The maximum atomic E-state index is 15.1. The lowest BCUT2D eigenvalue weighted by Crippen LogP contribution is -2.06. The van der Waals surface area contributed by atoms with E-state index in [1.165, 1.54) is 24.3 Å². The van der Waals surface area contributed by atoms with Crippen LogP contribution in [0.15, 0.2) is 197 Å². The molecule has 0 fully saturated rings. The van der Waals surface area contributed by atoms with Crippen molar-refractivity contribution >= 4 is 110 Å². The van der Waals surface area contributed by atoms with Crippen LogP contribution in [0.5, 0.6) is 0 Å². The molecule has 300 valence electrons. The second-order valence-corrected chi connectivity index (χ2v) is 16.4. The maximum Gasteiger partial charge on any atom is 0.137 e. The first-order chi connectivity index (χ1) is 30.8. The zero-order valence-electron chi connectivity index (χ0n) is 34.5. The van der Waals surface area contributed by atoms with E-state index in [0.29, 0.717) is 5.57 Å². The summed E-state index contributed by atoms with van der Waals surface area (Å²) >= 11 is 0. The Balaban J connectivity index is 1.29. The smallest absolute Gasteiger partial charge is 0.137 e. The standard InChI is InChI=1S/C58H37F2NO2/c1-33(47-32-38-12-4-5-13-41(38)43-28-30-51-55(54(43)47)45-15-7-10-18-49(45)62-51)34(2)53(37-22-26-40(60)27-23-37)57(35(3)36-20-24-39(59)25-21-36)61-48-17-9-6-14-42(48)44-29-31-52-56(58(44)61)46-16-8-11-19-50(46)63-52/h4-32H,3H2,1-2H3/b34-33+,57-53-. The second kappa shape index (κ2) is 14.0. The van der Waals surface area contributed by atoms with Crippen LogP contribution in [0.4, 0.5) is 8.78 Å². The molecule has 5 heteroatoms. The highest BCUT2D eigenvalue weighted by Gasteiger charge is 2.27. The topological polar surface area (TPSA) is 31.2 Å². The largest absolute Gasteiger partial charge is 0.456 e. The normalized spacial score (nSPS) is 13.0. The minimum Gasteiger partial charge on any atom is -0.456 e. The summed E-state index contributed by atoms with van der Waals surface area (Å²) in [6.07, 6.45) is 0. The van der Waals surface area contributed by atoms with E-state index in [2.05, 4.69) is 103 Å². The van der Waals surface area contributed by atoms with Crippen LogP contribution in [0.3, 0.4) is 0 Å². The summed E-state index contributed by atoms with van der Waals surface area (Å²) in [5.41, 5.74) is 11.9. The monoisotopic (exact) mass is 817 g/mol. The number of fused-ring (bicyclic) bond motifs is 14. The molecule has 0 bridgehead atoms. The molecule has 3 heterocycles. The van der Waals surface area contributed by atoms with Crippen molar-refractivity contribution in [2.24, 2.45) is 0 Å². The van der Waals surface area contributed by atoms with Crippen molar-refractivity contribution in [2.75, 3.05) is 0 Å². The third-order valence-corrected chi connectivity index (χ3v) is 13.0. The predicted molar refractivity (Wildman–Crippen MR) is 259 cm³/mol. The summed E-state index contributed by atoms with van der Waals surface area (Å²) < 4.78 is 45.1. The zero-order valence-corrected chi connectivity index (χ0v) is 34.5. The molecule has 0 atom stereocenters. The number of hydrogen-bond donors (Lipinski definition) is 0. The summed E-state index contributed by atoms with van der Waals surface area (Å²) in [4.78, 5) is 0. The van der Waals surface area contributed by atoms with Gasteiger partial charge in [-0.25, -0.2) is 8.78 Å². The van der Waals surface area contributed by atoms with Crippen LogP contribution in [-0.2, 0) is 0 Å². The van der Waals surface area contributed by atoms with Crippen LogP contribution in [0.2, 0.25) is 0 Å². The van der Waals surface area contributed by atoms with Gasteiger partial charge in [0.15, 0.2) is 0 Å². The van der Waals surface area contributed by atoms with E-state index < -0.39 is 0 Å². The summed E-state index contributed by atoms with van der Waals surface area (Å²) in [6, 6.07) is 57.1. The Morgan fingerprint density at radius 1 is 0.476 bits per heavy atom. The van der Waals surface area contributed by atoms with Crippen molar-refractivity contribution < 1.29 is 17.6 Å². The van der Waals surface area contributed by atoms with E-state index in [4.69, 9.17) is 15.4 Å². The Morgan fingerprint density at radius 3 is 1.70 bits per heavy atom. The van der Waals surface area contributed by atoms with E-state index in [0.717, 1.165) is 126 Å². The number of furan rings is 2. The lowest BCUT2D eigenvalue weighted by atomic mass is 9.85. The number of hydrogen-bond acceptors (Lipinski definition) is 2. The number of benzene rings is 9. The quantitative estimate of drug-likeness (QED) is 0.124. The maximum absolute atomic E-state index is 15.1. The van der Waals surface area contributed by atoms with Crippen LogP contribution < -0.4 is 0 Å². The number of allylic oxidation sites excluding steroid dienone is 5. The second-order valence-electron chi connectivity index (χ2n) is 16.4. The van der Waals surface area contributed by atoms with Crippen molar-refractivity contribution in [1.29, 1.82) is 0 Å². The van der Waals surface area contributed by atoms with Crippen molar-refractivity contribution in [3.63, 3.8) is 0 Å². The first-order valence-corrected chi connectivity index (χ1v) is 21.1. The summed E-state index contributed by atoms with van der Waals surface area (Å²) in [7, 11) is 0. The third kappa shape index (κ3) is 5.56. The fourth-order valence-electron chi connectivity index (χ4n) is 9.93. The van der Waals surface area contributed by atoms with Gasteiger partial charge in [0.1, 0.15) is 34.0 Å². The third-order valence-electron chi connectivity index (χ3n) is 13.0. The lowest BCUT2D eigenvalue weighted by molar-refractivity contribution is 0.627. The molecule has 12 rings (SSSR count). The molecule has 0 spiro atoms. The van der Waals surface area contributed by atoms with Crippen LogP contribution in [0.25, 0.3) is 110 Å². The fourth-order valence-corrected chi connectivity index (χ4v) is 9.93. The Hall–Kier alpha value is -8.02. The van der Waals surface area contributed by atoms with E-state index in [-0.39, 0.29) is 11.6 Å². The fraction of sp³-hybridized carbons (Fsp3) is 0.0345. The van der Waals surface area contributed by atoms with Crippen LogP contribution in [0.1, 0.15) is 30.5 Å². The van der Waals surface area contributed by atoms with Gasteiger partial charge in [-0.1, -0.05) is 110 Å². The number of nitrogens with zero attached hydrogens (tertiary/aromatic N) is 1. The summed E-state index contributed by atoms with van der Waals surface area (Å²) in [5.74, 6) is -0.680. The first kappa shape index (κ1) is 36.8. The van der Waals surface area contributed by atoms with E-state index in [1.54, 1.807) is 12.1 Å². The molecule has 9 aromatic carbocycles. The minimum atomic E-state index is -0.340. The summed E-state index contributed by atoms with van der Waals surface area (Å²) in [6.45, 7) is 9.18. The van der Waals surface area contributed by atoms with E-state index in [1.807, 2.05) is 54.6 Å². The van der Waals surface area contributed by atoms with Gasteiger partial charge in [0.2, 0.25) is 0 Å². The molecule has 0 saturated carbocycles. The van der Waals surface area contributed by atoms with Crippen molar-refractivity contribution in [1.82, 2.24) is 4.57 Å². The average Bonchev–Trinajstić information content (AvgIpc) is 4.00. The van der Waals surface area contributed by atoms with Gasteiger partial charge < -0.3 is 13.4 Å². The molecule has 0 aliphatic carbocycles. The molecular weight excluding hydrogens is 781 g/mol. The Morgan fingerprint density at radius 2 is 1.02 bits per heavy atom. The van der Waals surface area contributed by atoms with Gasteiger partial charge in [0, 0.05) is 37.9 Å². The molecule has 0 amide bonds. The van der Waals surface area contributed by atoms with E-state index >= 15 is 4.39 Å². The van der Waals surface area contributed by atoms with E-state index in [9.17, 15) is 4.39 Å². The van der Waals surface area contributed by atoms with Crippen molar-refractivity contribution in [2.45, 2.75) is 13.8 Å².